The lowest BCUT2D eigenvalue weighted by atomic mass is 10.1. The highest BCUT2D eigenvalue weighted by Gasteiger charge is 2.19. The summed E-state index contributed by atoms with van der Waals surface area (Å²) in [4.78, 5) is 11.5. The van der Waals surface area contributed by atoms with Crippen molar-refractivity contribution in [2.75, 3.05) is 0 Å². The average Bonchev–Trinajstić information content (AvgIpc) is 2.55. The number of nitrogens with zero attached hydrogens (tertiary/aromatic N) is 2. The zero-order valence-electron chi connectivity index (χ0n) is 10.3. The van der Waals surface area contributed by atoms with E-state index in [0.717, 1.165) is 10.9 Å². The van der Waals surface area contributed by atoms with Gasteiger partial charge in [-0.25, -0.2) is 0 Å². The van der Waals surface area contributed by atoms with Gasteiger partial charge in [0.2, 0.25) is 0 Å². The summed E-state index contributed by atoms with van der Waals surface area (Å²) in [5.74, 6) is -0.0595. The molecule has 1 aromatic carbocycles. The fourth-order valence-electron chi connectivity index (χ4n) is 1.87. The molecule has 2 aromatic rings. The highest BCUT2D eigenvalue weighted by Crippen LogP contribution is 2.20. The molecular formula is C13H16N2O2. The number of rotatable bonds is 3. The maximum Gasteiger partial charge on any atom is 0.180 e. The first kappa shape index (κ1) is 11.8. The number of Topliss-reactive ketones (excluding diaryl/α,β-unsaturated/α-hetero) is 1. The van der Waals surface area contributed by atoms with Gasteiger partial charge in [-0.1, -0.05) is 18.2 Å². The van der Waals surface area contributed by atoms with Gasteiger partial charge in [-0.3, -0.25) is 9.48 Å². The number of aliphatic hydroxyl groups is 1. The van der Waals surface area contributed by atoms with Crippen molar-refractivity contribution in [3.05, 3.63) is 30.0 Å². The van der Waals surface area contributed by atoms with Crippen LogP contribution in [0.4, 0.5) is 0 Å². The van der Waals surface area contributed by atoms with Crippen LogP contribution in [0.3, 0.4) is 0 Å². The Morgan fingerprint density at radius 3 is 2.65 bits per heavy atom. The summed E-state index contributed by atoms with van der Waals surface area (Å²) in [5, 5.41) is 15.0. The Morgan fingerprint density at radius 1 is 1.41 bits per heavy atom. The topological polar surface area (TPSA) is 55.1 Å². The molecule has 1 aromatic heterocycles. The molecule has 0 aliphatic rings. The molecule has 0 saturated carbocycles. The molecule has 0 bridgehead atoms. The Morgan fingerprint density at radius 2 is 2.06 bits per heavy atom. The van der Waals surface area contributed by atoms with E-state index in [-0.39, 0.29) is 5.78 Å². The first-order chi connectivity index (χ1) is 7.88. The van der Waals surface area contributed by atoms with Gasteiger partial charge in [-0.2, -0.15) is 5.10 Å². The van der Waals surface area contributed by atoms with Crippen molar-refractivity contribution in [1.29, 1.82) is 0 Å². The van der Waals surface area contributed by atoms with Gasteiger partial charge in [0.05, 0.1) is 17.7 Å². The van der Waals surface area contributed by atoms with Gasteiger partial charge in [0.1, 0.15) is 5.69 Å². The lowest BCUT2D eigenvalue weighted by molar-refractivity contribution is 0.0588. The fourth-order valence-corrected chi connectivity index (χ4v) is 1.87. The third-order valence-electron chi connectivity index (χ3n) is 2.53. The van der Waals surface area contributed by atoms with E-state index >= 15 is 0 Å². The van der Waals surface area contributed by atoms with Crippen molar-refractivity contribution in [3.8, 4) is 0 Å². The third kappa shape index (κ3) is 2.36. The molecule has 2 rings (SSSR count). The molecule has 4 heteroatoms. The normalized spacial score (nSPS) is 12.0. The summed E-state index contributed by atoms with van der Waals surface area (Å²) in [6, 6.07) is 7.56. The van der Waals surface area contributed by atoms with Crippen LogP contribution in [0.5, 0.6) is 0 Å². The molecule has 0 aliphatic carbocycles. The Hall–Kier alpha value is -1.68. The largest absolute Gasteiger partial charge is 0.389 e. The molecule has 1 N–H and O–H groups in total. The highest BCUT2D eigenvalue weighted by atomic mass is 16.3. The van der Waals surface area contributed by atoms with Crippen LogP contribution >= 0.6 is 0 Å². The molecule has 4 nitrogen and oxygen atoms in total. The van der Waals surface area contributed by atoms with Crippen LogP contribution < -0.4 is 0 Å². The van der Waals surface area contributed by atoms with E-state index < -0.39 is 5.60 Å². The molecule has 0 aliphatic heterocycles. The average molecular weight is 232 g/mol. The van der Waals surface area contributed by atoms with E-state index in [1.165, 1.54) is 6.92 Å². The van der Waals surface area contributed by atoms with E-state index in [0.29, 0.717) is 12.2 Å². The van der Waals surface area contributed by atoms with Crippen molar-refractivity contribution < 1.29 is 9.90 Å². The van der Waals surface area contributed by atoms with Crippen molar-refractivity contribution in [2.45, 2.75) is 32.9 Å². The van der Waals surface area contributed by atoms with Crippen LogP contribution in [0.25, 0.3) is 10.9 Å². The van der Waals surface area contributed by atoms with Crippen LogP contribution in [-0.4, -0.2) is 26.3 Å². The predicted octanol–water partition coefficient (Wildman–Crippen LogP) is 2.01. The summed E-state index contributed by atoms with van der Waals surface area (Å²) in [7, 11) is 0. The number of carbonyl (C=O) groups excluding carboxylic acids is 1. The van der Waals surface area contributed by atoms with Gasteiger partial charge in [-0.05, 0) is 19.9 Å². The molecule has 90 valence electrons. The maximum atomic E-state index is 11.5. The minimum atomic E-state index is -0.858. The Labute approximate surface area is 99.9 Å². The Bertz CT molecular complexity index is 564. The summed E-state index contributed by atoms with van der Waals surface area (Å²) in [5.41, 5.74) is 0.479. The van der Waals surface area contributed by atoms with Crippen LogP contribution in [0.15, 0.2) is 24.3 Å². The standard InChI is InChI=1S/C13H16N2O2/c1-9(16)12-10-6-4-5-7-11(10)15(14-12)8-13(2,3)17/h4-7,17H,8H2,1-3H3. The molecule has 0 atom stereocenters. The number of fused-ring (bicyclic) bond motifs is 1. The second-order valence-corrected chi connectivity index (χ2v) is 4.89. The molecule has 0 amide bonds. The number of ketones is 1. The number of hydrogen-bond acceptors (Lipinski definition) is 3. The number of benzene rings is 1. The highest BCUT2D eigenvalue weighted by molar-refractivity contribution is 6.04. The van der Waals surface area contributed by atoms with Crippen LogP contribution in [0, 0.1) is 0 Å². The molecule has 0 unspecified atom stereocenters. The number of carbonyl (C=O) groups is 1. The maximum absolute atomic E-state index is 11.5. The minimum Gasteiger partial charge on any atom is -0.389 e. The third-order valence-corrected chi connectivity index (χ3v) is 2.53. The Kier molecular flexibility index (Phi) is 2.75. The first-order valence-electron chi connectivity index (χ1n) is 5.57. The predicted molar refractivity (Wildman–Crippen MR) is 66.0 cm³/mol. The van der Waals surface area contributed by atoms with E-state index in [1.54, 1.807) is 18.5 Å². The van der Waals surface area contributed by atoms with Crippen LogP contribution in [0.2, 0.25) is 0 Å². The minimum absolute atomic E-state index is 0.0595. The van der Waals surface area contributed by atoms with E-state index in [9.17, 15) is 9.90 Å². The number of aromatic nitrogens is 2. The summed E-state index contributed by atoms with van der Waals surface area (Å²) in [6.45, 7) is 5.30. The van der Waals surface area contributed by atoms with Crippen molar-refractivity contribution >= 4 is 16.7 Å². The molecule has 0 spiro atoms. The second kappa shape index (κ2) is 3.96. The van der Waals surface area contributed by atoms with Gasteiger partial charge in [0.25, 0.3) is 0 Å². The lowest BCUT2D eigenvalue weighted by Crippen LogP contribution is -2.26. The molecule has 0 saturated heterocycles. The number of hydrogen-bond donors (Lipinski definition) is 1. The Balaban J connectivity index is 2.61. The molecule has 17 heavy (non-hydrogen) atoms. The summed E-state index contributed by atoms with van der Waals surface area (Å²) in [6.07, 6.45) is 0. The van der Waals surface area contributed by atoms with Gasteiger partial charge in [0, 0.05) is 12.3 Å². The van der Waals surface area contributed by atoms with Gasteiger partial charge in [0.15, 0.2) is 5.78 Å². The molecule has 0 fully saturated rings. The van der Waals surface area contributed by atoms with Gasteiger partial charge >= 0.3 is 0 Å². The van der Waals surface area contributed by atoms with Crippen molar-refractivity contribution in [3.63, 3.8) is 0 Å². The van der Waals surface area contributed by atoms with Crippen LogP contribution in [0.1, 0.15) is 31.3 Å². The SMILES string of the molecule is CC(=O)c1nn(CC(C)(C)O)c2ccccc12. The van der Waals surface area contributed by atoms with Gasteiger partial charge < -0.3 is 5.11 Å². The molecular weight excluding hydrogens is 216 g/mol. The fraction of sp³-hybridized carbons (Fsp3) is 0.385. The van der Waals surface area contributed by atoms with Crippen molar-refractivity contribution in [1.82, 2.24) is 9.78 Å². The van der Waals surface area contributed by atoms with E-state index in [4.69, 9.17) is 0 Å². The second-order valence-electron chi connectivity index (χ2n) is 4.89. The van der Waals surface area contributed by atoms with Crippen LogP contribution in [-0.2, 0) is 6.54 Å². The van der Waals surface area contributed by atoms with E-state index in [1.807, 2.05) is 24.3 Å². The zero-order valence-corrected chi connectivity index (χ0v) is 10.3. The number of para-hydroxylation sites is 1. The first-order valence-corrected chi connectivity index (χ1v) is 5.57. The zero-order chi connectivity index (χ0) is 12.6. The monoisotopic (exact) mass is 232 g/mol. The summed E-state index contributed by atoms with van der Waals surface area (Å²) >= 11 is 0. The molecule has 0 radical (unpaired) electrons. The quantitative estimate of drug-likeness (QED) is 0.823. The summed E-state index contributed by atoms with van der Waals surface area (Å²) < 4.78 is 1.69. The van der Waals surface area contributed by atoms with Crippen molar-refractivity contribution in [2.24, 2.45) is 0 Å². The van der Waals surface area contributed by atoms with E-state index in [2.05, 4.69) is 5.10 Å². The lowest BCUT2D eigenvalue weighted by Gasteiger charge is -2.17. The van der Waals surface area contributed by atoms with Gasteiger partial charge in [-0.15, -0.1) is 0 Å². The molecule has 1 heterocycles. The smallest absolute Gasteiger partial charge is 0.180 e.